The Morgan fingerprint density at radius 1 is 1.14 bits per heavy atom. The molecule has 0 bridgehead atoms. The third-order valence-electron chi connectivity index (χ3n) is 3.50. The number of hydrogen-bond acceptors (Lipinski definition) is 3. The highest BCUT2D eigenvalue weighted by Gasteiger charge is 2.32. The van der Waals surface area contributed by atoms with Gasteiger partial charge in [0.15, 0.2) is 11.7 Å². The number of carbonyl (C=O) groups excluding carboxylic acids is 1. The summed E-state index contributed by atoms with van der Waals surface area (Å²) in [6.45, 7) is 2.09. The zero-order valence-electron chi connectivity index (χ0n) is 15.2. The van der Waals surface area contributed by atoms with Gasteiger partial charge in [-0.2, -0.15) is 0 Å². The number of carbonyl (C=O) groups is 1. The fourth-order valence-electron chi connectivity index (χ4n) is 2.34. The van der Waals surface area contributed by atoms with Gasteiger partial charge in [-0.25, -0.2) is 4.99 Å². The Balaban J connectivity index is 2.03. The molecule has 2 aromatic carbocycles. The van der Waals surface area contributed by atoms with Crippen LogP contribution in [0.3, 0.4) is 0 Å². The molecule has 0 heterocycles. The molecule has 0 radical (unpaired) electrons. The van der Waals surface area contributed by atoms with E-state index < -0.39 is 12.1 Å². The van der Waals surface area contributed by atoms with E-state index >= 15 is 0 Å². The van der Waals surface area contributed by atoms with Gasteiger partial charge >= 0.3 is 6.36 Å². The highest BCUT2D eigenvalue weighted by Crippen LogP contribution is 2.29. The van der Waals surface area contributed by atoms with Gasteiger partial charge < -0.3 is 21.1 Å². The quantitative estimate of drug-likeness (QED) is 0.484. The number of anilines is 2. The number of amides is 1. The van der Waals surface area contributed by atoms with E-state index in [2.05, 4.69) is 20.4 Å². The molecule has 4 N–H and O–H groups in total. The summed E-state index contributed by atoms with van der Waals surface area (Å²) < 4.78 is 41.3. The van der Waals surface area contributed by atoms with Crippen LogP contribution in [0.1, 0.15) is 25.3 Å². The van der Waals surface area contributed by atoms with Gasteiger partial charge in [0.05, 0.1) is 12.2 Å². The van der Waals surface area contributed by atoms with Crippen molar-refractivity contribution in [2.45, 2.75) is 32.7 Å². The van der Waals surface area contributed by atoms with Gasteiger partial charge in [-0.05, 0) is 36.2 Å². The van der Waals surface area contributed by atoms with Gasteiger partial charge in [0.1, 0.15) is 0 Å². The molecule has 0 aliphatic heterocycles. The summed E-state index contributed by atoms with van der Waals surface area (Å²) >= 11 is 0. The molecular formula is C19H21F3N4O2. The first kappa shape index (κ1) is 21.1. The number of nitrogens with zero attached hydrogens (tertiary/aromatic N) is 1. The van der Waals surface area contributed by atoms with Crippen molar-refractivity contribution in [3.8, 4) is 5.75 Å². The number of nitrogens with two attached hydrogens (primary N) is 1. The zero-order valence-corrected chi connectivity index (χ0v) is 15.2. The van der Waals surface area contributed by atoms with Crippen molar-refractivity contribution in [3.63, 3.8) is 0 Å². The average Bonchev–Trinajstić information content (AvgIpc) is 2.61. The van der Waals surface area contributed by atoms with Crippen molar-refractivity contribution < 1.29 is 22.7 Å². The predicted molar refractivity (Wildman–Crippen MR) is 102 cm³/mol. The third-order valence-corrected chi connectivity index (χ3v) is 3.50. The molecule has 0 saturated heterocycles. The Morgan fingerprint density at radius 3 is 2.61 bits per heavy atom. The number of alkyl halides is 3. The van der Waals surface area contributed by atoms with Crippen LogP contribution in [-0.2, 0) is 11.3 Å². The Kier molecular flexibility index (Phi) is 7.25. The van der Waals surface area contributed by atoms with Crippen LogP contribution >= 0.6 is 0 Å². The van der Waals surface area contributed by atoms with Crippen molar-refractivity contribution in [1.29, 1.82) is 0 Å². The lowest BCUT2D eigenvalue weighted by Crippen LogP contribution is -2.24. The lowest BCUT2D eigenvalue weighted by atomic mass is 10.2. The van der Waals surface area contributed by atoms with Crippen LogP contribution in [0.2, 0.25) is 0 Å². The summed E-state index contributed by atoms with van der Waals surface area (Å²) in [6.07, 6.45) is -3.64. The fraction of sp³-hybridized carbons (Fsp3) is 0.263. The lowest BCUT2D eigenvalue weighted by Gasteiger charge is -2.14. The number of rotatable bonds is 7. The van der Waals surface area contributed by atoms with Gasteiger partial charge in [0.2, 0.25) is 5.91 Å². The third kappa shape index (κ3) is 7.18. The Labute approximate surface area is 160 Å². The number of benzene rings is 2. The van der Waals surface area contributed by atoms with Crippen molar-refractivity contribution in [1.82, 2.24) is 0 Å². The molecule has 0 fully saturated rings. The maximum Gasteiger partial charge on any atom is 0.573 e. The van der Waals surface area contributed by atoms with E-state index in [9.17, 15) is 18.0 Å². The minimum Gasteiger partial charge on any atom is -0.404 e. The Bertz CT molecular complexity index is 838. The minimum atomic E-state index is -4.81. The number of ether oxygens (including phenoxy) is 1. The number of halogens is 3. The first-order chi connectivity index (χ1) is 13.3. The molecule has 0 spiro atoms. The van der Waals surface area contributed by atoms with E-state index in [4.69, 9.17) is 5.73 Å². The second-order valence-electron chi connectivity index (χ2n) is 5.87. The van der Waals surface area contributed by atoms with Crippen LogP contribution < -0.4 is 21.1 Å². The van der Waals surface area contributed by atoms with E-state index in [0.29, 0.717) is 12.1 Å². The number of guanidine groups is 1. The van der Waals surface area contributed by atoms with Crippen molar-refractivity contribution in [3.05, 3.63) is 54.1 Å². The van der Waals surface area contributed by atoms with Crippen LogP contribution in [0.5, 0.6) is 5.75 Å². The zero-order chi connectivity index (χ0) is 20.6. The molecule has 150 valence electrons. The van der Waals surface area contributed by atoms with Crippen LogP contribution in [0.4, 0.5) is 24.5 Å². The molecule has 1 amide bonds. The van der Waals surface area contributed by atoms with Crippen LogP contribution in [0.15, 0.2) is 53.5 Å². The number of para-hydroxylation sites is 2. The van der Waals surface area contributed by atoms with Crippen LogP contribution in [0, 0.1) is 0 Å². The van der Waals surface area contributed by atoms with E-state index in [1.54, 1.807) is 30.3 Å². The molecule has 9 heteroatoms. The highest BCUT2D eigenvalue weighted by atomic mass is 19.4. The van der Waals surface area contributed by atoms with Crippen molar-refractivity contribution >= 4 is 23.2 Å². The fourth-order valence-corrected chi connectivity index (χ4v) is 2.34. The molecule has 2 rings (SSSR count). The molecule has 0 saturated carbocycles. The summed E-state index contributed by atoms with van der Waals surface area (Å²) in [6, 6.07) is 12.6. The lowest BCUT2D eigenvalue weighted by molar-refractivity contribution is -0.274. The summed E-state index contributed by atoms with van der Waals surface area (Å²) in [5.41, 5.74) is 7.24. The first-order valence-electron chi connectivity index (χ1n) is 8.57. The SMILES string of the molecule is CCCC(=O)Nc1cccc(CN=C(N)Nc2ccccc2OC(F)(F)F)c1. The standard InChI is InChI=1S/C19H21F3N4O2/c1-2-6-17(27)25-14-8-5-7-13(11-14)12-24-18(23)26-15-9-3-4-10-16(15)28-19(20,21)22/h3-5,7-11H,2,6,12H2,1H3,(H,25,27)(H3,23,24,26). The monoisotopic (exact) mass is 394 g/mol. The molecular weight excluding hydrogens is 373 g/mol. The maximum atomic E-state index is 12.5. The highest BCUT2D eigenvalue weighted by molar-refractivity contribution is 5.93. The van der Waals surface area contributed by atoms with E-state index in [-0.39, 0.29) is 24.1 Å². The number of aliphatic imine (C=N–C) groups is 1. The number of hydrogen-bond donors (Lipinski definition) is 3. The molecule has 0 atom stereocenters. The predicted octanol–water partition coefficient (Wildman–Crippen LogP) is 4.25. The molecule has 6 nitrogen and oxygen atoms in total. The first-order valence-corrected chi connectivity index (χ1v) is 8.57. The second-order valence-corrected chi connectivity index (χ2v) is 5.87. The van der Waals surface area contributed by atoms with Crippen molar-refractivity contribution in [2.24, 2.45) is 10.7 Å². The summed E-state index contributed by atoms with van der Waals surface area (Å²) in [4.78, 5) is 15.8. The van der Waals surface area contributed by atoms with Gasteiger partial charge in [0, 0.05) is 12.1 Å². The molecule has 28 heavy (non-hydrogen) atoms. The molecule has 0 aromatic heterocycles. The number of nitrogens with one attached hydrogen (secondary N) is 2. The summed E-state index contributed by atoms with van der Waals surface area (Å²) in [5, 5.41) is 5.38. The Morgan fingerprint density at radius 2 is 1.89 bits per heavy atom. The average molecular weight is 394 g/mol. The van der Waals surface area contributed by atoms with Gasteiger partial charge in [-0.15, -0.1) is 13.2 Å². The summed E-state index contributed by atoms with van der Waals surface area (Å²) in [7, 11) is 0. The smallest absolute Gasteiger partial charge is 0.404 e. The van der Waals surface area contributed by atoms with E-state index in [1.165, 1.54) is 18.2 Å². The Hall–Kier alpha value is -3.23. The molecule has 0 aliphatic rings. The maximum absolute atomic E-state index is 12.5. The molecule has 0 aliphatic carbocycles. The molecule has 2 aromatic rings. The summed E-state index contributed by atoms with van der Waals surface area (Å²) in [5.74, 6) is -0.557. The van der Waals surface area contributed by atoms with Gasteiger partial charge in [-0.1, -0.05) is 31.2 Å². The molecule has 0 unspecified atom stereocenters. The topological polar surface area (TPSA) is 88.7 Å². The normalized spacial score (nSPS) is 11.8. The van der Waals surface area contributed by atoms with Crippen LogP contribution in [0.25, 0.3) is 0 Å². The minimum absolute atomic E-state index is 0.0432. The van der Waals surface area contributed by atoms with Crippen LogP contribution in [-0.4, -0.2) is 18.2 Å². The van der Waals surface area contributed by atoms with Crippen molar-refractivity contribution in [2.75, 3.05) is 10.6 Å². The van der Waals surface area contributed by atoms with Gasteiger partial charge in [0.25, 0.3) is 0 Å². The largest absolute Gasteiger partial charge is 0.573 e. The van der Waals surface area contributed by atoms with E-state index in [1.807, 2.05) is 6.92 Å². The second kappa shape index (κ2) is 9.63. The van der Waals surface area contributed by atoms with Gasteiger partial charge in [-0.3, -0.25) is 4.79 Å². The van der Waals surface area contributed by atoms with E-state index in [0.717, 1.165) is 12.0 Å².